The van der Waals surface area contributed by atoms with E-state index in [0.29, 0.717) is 12.0 Å². The molecule has 2 fully saturated rings. The van der Waals surface area contributed by atoms with Gasteiger partial charge < -0.3 is 4.90 Å². The van der Waals surface area contributed by atoms with Gasteiger partial charge in [-0.05, 0) is 75.3 Å². The maximum absolute atomic E-state index is 13.2. The molecule has 4 rings (SSSR count). The Bertz CT molecular complexity index is 792. The minimum absolute atomic E-state index is 0.203. The van der Waals surface area contributed by atoms with Gasteiger partial charge in [-0.3, -0.25) is 4.79 Å². The van der Waals surface area contributed by atoms with Crippen molar-refractivity contribution in [1.82, 2.24) is 14.7 Å². The first-order chi connectivity index (χ1) is 12.5. The van der Waals surface area contributed by atoms with Gasteiger partial charge in [0, 0.05) is 23.8 Å². The van der Waals surface area contributed by atoms with E-state index in [1.54, 1.807) is 0 Å². The van der Waals surface area contributed by atoms with Gasteiger partial charge in [0.15, 0.2) is 0 Å². The predicted octanol–water partition coefficient (Wildman–Crippen LogP) is 4.53. The number of hydrogen-bond donors (Lipinski definition) is 0. The van der Waals surface area contributed by atoms with Gasteiger partial charge in [0.25, 0.3) is 5.91 Å². The third kappa shape index (κ3) is 3.06. The Morgan fingerprint density at radius 2 is 1.81 bits per heavy atom. The standard InChI is InChI=1S/C22H29N3O/c1-15-12-13-24(21-7-5-4-6-20(15)21)22(26)18-8-10-19(11-9-18)25-17(3)14-16(2)23-25/h8-11,14-15,20-21H,4-7,12-13H2,1-3H3. The smallest absolute Gasteiger partial charge is 0.254 e. The zero-order valence-corrected chi connectivity index (χ0v) is 16.1. The molecule has 2 aromatic rings. The van der Waals surface area contributed by atoms with Crippen molar-refractivity contribution >= 4 is 5.91 Å². The molecule has 138 valence electrons. The van der Waals surface area contributed by atoms with E-state index in [9.17, 15) is 4.79 Å². The van der Waals surface area contributed by atoms with Gasteiger partial charge in [-0.25, -0.2) is 4.68 Å². The third-order valence-electron chi connectivity index (χ3n) is 6.37. The lowest BCUT2D eigenvalue weighted by molar-refractivity contribution is 0.0218. The number of aryl methyl sites for hydroxylation is 2. The molecule has 0 N–H and O–H groups in total. The molecule has 1 aliphatic carbocycles. The van der Waals surface area contributed by atoms with Crippen LogP contribution < -0.4 is 0 Å². The topological polar surface area (TPSA) is 38.1 Å². The molecule has 4 nitrogen and oxygen atoms in total. The summed E-state index contributed by atoms with van der Waals surface area (Å²) in [4.78, 5) is 15.4. The van der Waals surface area contributed by atoms with E-state index in [-0.39, 0.29) is 5.91 Å². The highest BCUT2D eigenvalue weighted by Crippen LogP contribution is 2.39. The molecule has 1 aromatic heterocycles. The summed E-state index contributed by atoms with van der Waals surface area (Å²) in [6.07, 6.45) is 6.17. The highest BCUT2D eigenvalue weighted by atomic mass is 16.2. The number of likely N-dealkylation sites (tertiary alicyclic amines) is 1. The largest absolute Gasteiger partial charge is 0.335 e. The normalized spacial score (nSPS) is 25.8. The number of fused-ring (bicyclic) bond motifs is 1. The summed E-state index contributed by atoms with van der Waals surface area (Å²) >= 11 is 0. The van der Waals surface area contributed by atoms with Crippen molar-refractivity contribution in [3.05, 3.63) is 47.3 Å². The fourth-order valence-corrected chi connectivity index (χ4v) is 4.97. The van der Waals surface area contributed by atoms with E-state index in [0.717, 1.165) is 41.5 Å². The maximum atomic E-state index is 13.2. The second-order valence-electron chi connectivity index (χ2n) is 8.17. The lowest BCUT2D eigenvalue weighted by atomic mass is 9.72. The van der Waals surface area contributed by atoms with Gasteiger partial charge >= 0.3 is 0 Å². The summed E-state index contributed by atoms with van der Waals surface area (Å²) in [6.45, 7) is 7.32. The Balaban J connectivity index is 1.55. The fourth-order valence-electron chi connectivity index (χ4n) is 4.97. The molecule has 3 atom stereocenters. The van der Waals surface area contributed by atoms with Crippen LogP contribution in [0.1, 0.15) is 60.8 Å². The molecule has 0 spiro atoms. The molecule has 1 amide bonds. The average Bonchev–Trinajstić information content (AvgIpc) is 3.00. The number of aromatic nitrogens is 2. The highest BCUT2D eigenvalue weighted by molar-refractivity contribution is 5.94. The molecular formula is C22H29N3O. The van der Waals surface area contributed by atoms with Crippen LogP contribution >= 0.6 is 0 Å². The molecule has 0 radical (unpaired) electrons. The zero-order chi connectivity index (χ0) is 18.3. The molecule has 4 heteroatoms. The third-order valence-corrected chi connectivity index (χ3v) is 6.37. The second kappa shape index (κ2) is 6.90. The Hall–Kier alpha value is -2.10. The van der Waals surface area contributed by atoms with Crippen LogP contribution in [0.25, 0.3) is 5.69 Å². The fraction of sp³-hybridized carbons (Fsp3) is 0.545. The molecule has 2 heterocycles. The summed E-state index contributed by atoms with van der Waals surface area (Å²) < 4.78 is 1.93. The molecule has 2 aliphatic rings. The van der Waals surface area contributed by atoms with Crippen molar-refractivity contribution in [1.29, 1.82) is 0 Å². The van der Waals surface area contributed by atoms with Gasteiger partial charge in [0.05, 0.1) is 11.4 Å². The van der Waals surface area contributed by atoms with E-state index < -0.39 is 0 Å². The van der Waals surface area contributed by atoms with Crippen molar-refractivity contribution < 1.29 is 4.79 Å². The van der Waals surface area contributed by atoms with Crippen LogP contribution in [0.15, 0.2) is 30.3 Å². The highest BCUT2D eigenvalue weighted by Gasteiger charge is 2.39. The minimum Gasteiger partial charge on any atom is -0.335 e. The first-order valence-corrected chi connectivity index (χ1v) is 9.99. The number of piperidine rings is 1. The Kier molecular flexibility index (Phi) is 4.60. The van der Waals surface area contributed by atoms with E-state index in [4.69, 9.17) is 0 Å². The van der Waals surface area contributed by atoms with E-state index in [1.807, 2.05) is 35.9 Å². The van der Waals surface area contributed by atoms with Gasteiger partial charge in [0.1, 0.15) is 0 Å². The van der Waals surface area contributed by atoms with Crippen LogP contribution in [0.2, 0.25) is 0 Å². The van der Waals surface area contributed by atoms with Gasteiger partial charge in [-0.1, -0.05) is 19.8 Å². The second-order valence-corrected chi connectivity index (χ2v) is 8.17. The van der Waals surface area contributed by atoms with Crippen molar-refractivity contribution in [2.45, 2.75) is 58.9 Å². The number of amides is 1. The maximum Gasteiger partial charge on any atom is 0.254 e. The van der Waals surface area contributed by atoms with Crippen molar-refractivity contribution in [3.8, 4) is 5.69 Å². The molecule has 3 unspecified atom stereocenters. The Labute approximate surface area is 156 Å². The molecular weight excluding hydrogens is 322 g/mol. The predicted molar refractivity (Wildman–Crippen MR) is 104 cm³/mol. The lowest BCUT2D eigenvalue weighted by Crippen LogP contribution is -2.52. The number of carbonyl (C=O) groups is 1. The summed E-state index contributed by atoms with van der Waals surface area (Å²) in [6, 6.07) is 10.5. The molecule has 1 aromatic carbocycles. The van der Waals surface area contributed by atoms with Crippen LogP contribution in [0.5, 0.6) is 0 Å². The van der Waals surface area contributed by atoms with Crippen LogP contribution in [0, 0.1) is 25.7 Å². The van der Waals surface area contributed by atoms with E-state index in [2.05, 4.69) is 29.9 Å². The van der Waals surface area contributed by atoms with Crippen molar-refractivity contribution in [3.63, 3.8) is 0 Å². The van der Waals surface area contributed by atoms with Crippen molar-refractivity contribution in [2.75, 3.05) is 6.54 Å². The van der Waals surface area contributed by atoms with E-state index >= 15 is 0 Å². The zero-order valence-electron chi connectivity index (χ0n) is 16.1. The first kappa shape index (κ1) is 17.3. The monoisotopic (exact) mass is 351 g/mol. The lowest BCUT2D eigenvalue weighted by Gasteiger charge is -2.47. The summed E-state index contributed by atoms with van der Waals surface area (Å²) in [7, 11) is 0. The van der Waals surface area contributed by atoms with E-state index in [1.165, 1.54) is 25.7 Å². The quantitative estimate of drug-likeness (QED) is 0.797. The first-order valence-electron chi connectivity index (χ1n) is 9.99. The number of rotatable bonds is 2. The molecule has 1 saturated heterocycles. The molecule has 0 bridgehead atoms. The molecule has 26 heavy (non-hydrogen) atoms. The van der Waals surface area contributed by atoms with Crippen LogP contribution in [0.4, 0.5) is 0 Å². The Morgan fingerprint density at radius 1 is 1.08 bits per heavy atom. The molecule has 1 saturated carbocycles. The summed E-state index contributed by atoms with van der Waals surface area (Å²) in [5.74, 6) is 1.64. The van der Waals surface area contributed by atoms with Gasteiger partial charge in [0.2, 0.25) is 0 Å². The van der Waals surface area contributed by atoms with Crippen molar-refractivity contribution in [2.24, 2.45) is 11.8 Å². The summed E-state index contributed by atoms with van der Waals surface area (Å²) in [5, 5.41) is 4.53. The Morgan fingerprint density at radius 3 is 2.50 bits per heavy atom. The van der Waals surface area contributed by atoms with Crippen LogP contribution in [-0.4, -0.2) is 33.2 Å². The number of carbonyl (C=O) groups excluding carboxylic acids is 1. The minimum atomic E-state index is 0.203. The number of nitrogens with zero attached hydrogens (tertiary/aromatic N) is 3. The van der Waals surface area contributed by atoms with Gasteiger partial charge in [-0.2, -0.15) is 5.10 Å². The number of benzene rings is 1. The average molecular weight is 351 g/mol. The van der Waals surface area contributed by atoms with Crippen LogP contribution in [0.3, 0.4) is 0 Å². The van der Waals surface area contributed by atoms with Gasteiger partial charge in [-0.15, -0.1) is 0 Å². The van der Waals surface area contributed by atoms with Crippen LogP contribution in [-0.2, 0) is 0 Å². The summed E-state index contributed by atoms with van der Waals surface area (Å²) in [5.41, 5.74) is 3.93. The SMILES string of the molecule is Cc1cc(C)n(-c2ccc(C(=O)N3CCC(C)C4CCCCC43)cc2)n1. The molecule has 1 aliphatic heterocycles. The number of hydrogen-bond acceptors (Lipinski definition) is 2.